The van der Waals surface area contributed by atoms with Gasteiger partial charge in [0.2, 0.25) is 5.91 Å². The molecule has 1 aromatic heterocycles. The zero-order chi connectivity index (χ0) is 26.9. The molecule has 1 aliphatic rings. The summed E-state index contributed by atoms with van der Waals surface area (Å²) in [4.78, 5) is 30.4. The second kappa shape index (κ2) is 10.1. The number of halogens is 3. The van der Waals surface area contributed by atoms with Gasteiger partial charge in [0.05, 0.1) is 5.56 Å². The Bertz CT molecular complexity index is 1240. The fourth-order valence-corrected chi connectivity index (χ4v) is 5.13. The summed E-state index contributed by atoms with van der Waals surface area (Å²) in [6.07, 6.45) is -2.44. The summed E-state index contributed by atoms with van der Waals surface area (Å²) in [7, 11) is -0.964. The molecule has 2 N–H and O–H groups in total. The van der Waals surface area contributed by atoms with Crippen molar-refractivity contribution in [3.8, 4) is 0 Å². The molecule has 0 saturated carbocycles. The number of alkyl halides is 3. The number of carbonyl (C=O) groups is 2. The summed E-state index contributed by atoms with van der Waals surface area (Å²) in [5.41, 5.74) is -1.45. The Hall–Kier alpha value is -3.13. The Morgan fingerprint density at radius 1 is 1.19 bits per heavy atom. The van der Waals surface area contributed by atoms with Gasteiger partial charge in [-0.25, -0.2) is 4.72 Å². The average molecular weight is 532 g/mol. The number of hydrogen-bond acceptors (Lipinski definition) is 7. The number of nitrogens with zero attached hydrogens (tertiary/aromatic N) is 3. The zero-order valence-electron chi connectivity index (χ0n) is 20.3. The number of aromatic nitrogens is 1. The van der Waals surface area contributed by atoms with Gasteiger partial charge in [-0.05, 0) is 43.9 Å². The monoisotopic (exact) mass is 531 g/mol. The van der Waals surface area contributed by atoms with E-state index >= 15 is 0 Å². The van der Waals surface area contributed by atoms with Crippen LogP contribution in [0.1, 0.15) is 47.8 Å². The molecular weight excluding hydrogens is 503 g/mol. The molecule has 0 radical (unpaired) electrons. The number of amides is 2. The Labute approximate surface area is 207 Å². The number of oxazole rings is 1. The van der Waals surface area contributed by atoms with E-state index in [4.69, 9.17) is 4.42 Å². The van der Waals surface area contributed by atoms with Crippen molar-refractivity contribution in [1.29, 1.82) is 0 Å². The zero-order valence-corrected chi connectivity index (χ0v) is 21.1. The third-order valence-electron chi connectivity index (χ3n) is 6.08. The lowest BCUT2D eigenvalue weighted by Gasteiger charge is -2.29. The standard InChI is InChI=1S/C22H28F3N5O5S/c1-14-6-7-15(22(23,24)25)12-16(14)26-20-27-17(13-35-20)18(31)28-36(33,34)30-10-5-8-21(2,9-11-30)19(32)29(3)4/h6-7,12-13H,5,8-11H2,1-4H3,(H,26,27)(H,28,31). The van der Waals surface area contributed by atoms with Crippen molar-refractivity contribution in [1.82, 2.24) is 18.9 Å². The van der Waals surface area contributed by atoms with E-state index < -0.39 is 33.3 Å². The third kappa shape index (κ3) is 6.16. The molecule has 2 amide bonds. The van der Waals surface area contributed by atoms with Crippen molar-refractivity contribution >= 4 is 33.7 Å². The highest BCUT2D eigenvalue weighted by Crippen LogP contribution is 2.34. The number of benzene rings is 1. The normalized spacial score (nSPS) is 19.4. The number of anilines is 2. The Balaban J connectivity index is 1.68. The number of carbonyl (C=O) groups excluding carboxylic acids is 2. The first-order valence-corrected chi connectivity index (χ1v) is 12.5. The minimum Gasteiger partial charge on any atom is -0.431 e. The van der Waals surface area contributed by atoms with Crippen LogP contribution < -0.4 is 10.0 Å². The lowest BCUT2D eigenvalue weighted by Crippen LogP contribution is -2.44. The Kier molecular flexibility index (Phi) is 7.69. The highest BCUT2D eigenvalue weighted by molar-refractivity contribution is 7.87. The van der Waals surface area contributed by atoms with Crippen molar-refractivity contribution in [2.75, 3.05) is 32.5 Å². The van der Waals surface area contributed by atoms with Gasteiger partial charge >= 0.3 is 16.4 Å². The third-order valence-corrected chi connectivity index (χ3v) is 7.56. The van der Waals surface area contributed by atoms with Crippen LogP contribution in [0.25, 0.3) is 0 Å². The van der Waals surface area contributed by atoms with E-state index in [1.54, 1.807) is 27.9 Å². The van der Waals surface area contributed by atoms with Crippen LogP contribution in [0, 0.1) is 12.3 Å². The van der Waals surface area contributed by atoms with Crippen LogP contribution in [0.5, 0.6) is 0 Å². The molecule has 1 fully saturated rings. The summed E-state index contributed by atoms with van der Waals surface area (Å²) in [6, 6.07) is 2.79. The van der Waals surface area contributed by atoms with Gasteiger partial charge in [0, 0.05) is 38.3 Å². The molecule has 2 aromatic rings. The first-order valence-electron chi connectivity index (χ1n) is 11.1. The molecule has 36 heavy (non-hydrogen) atoms. The molecule has 14 heteroatoms. The van der Waals surface area contributed by atoms with Gasteiger partial charge in [0.15, 0.2) is 5.69 Å². The van der Waals surface area contributed by atoms with Crippen LogP contribution in [-0.4, -0.2) is 61.6 Å². The maximum atomic E-state index is 13.0. The van der Waals surface area contributed by atoms with Gasteiger partial charge < -0.3 is 14.6 Å². The summed E-state index contributed by atoms with van der Waals surface area (Å²) >= 11 is 0. The molecule has 3 rings (SSSR count). The van der Waals surface area contributed by atoms with E-state index in [-0.39, 0.29) is 42.8 Å². The average Bonchev–Trinajstić information content (AvgIpc) is 3.14. The predicted molar refractivity (Wildman–Crippen MR) is 125 cm³/mol. The summed E-state index contributed by atoms with van der Waals surface area (Å²) < 4.78 is 72.8. The van der Waals surface area contributed by atoms with E-state index in [9.17, 15) is 31.2 Å². The molecule has 198 valence electrons. The molecule has 1 aromatic carbocycles. The van der Waals surface area contributed by atoms with Gasteiger partial charge in [0.1, 0.15) is 6.26 Å². The van der Waals surface area contributed by atoms with Crippen molar-refractivity contribution in [3.63, 3.8) is 0 Å². The molecule has 0 bridgehead atoms. The molecule has 1 unspecified atom stereocenters. The van der Waals surface area contributed by atoms with E-state index in [1.165, 1.54) is 11.0 Å². The Morgan fingerprint density at radius 2 is 1.89 bits per heavy atom. The predicted octanol–water partition coefficient (Wildman–Crippen LogP) is 3.30. The van der Waals surface area contributed by atoms with Gasteiger partial charge in [0.25, 0.3) is 11.9 Å². The number of nitrogens with one attached hydrogen (secondary N) is 2. The molecule has 1 atom stereocenters. The van der Waals surface area contributed by atoms with Crippen molar-refractivity contribution < 1.29 is 35.6 Å². The first-order chi connectivity index (χ1) is 16.6. The first kappa shape index (κ1) is 27.5. The van der Waals surface area contributed by atoms with Gasteiger partial charge in [-0.3, -0.25) is 9.59 Å². The minimum atomic E-state index is -4.55. The Morgan fingerprint density at radius 3 is 2.53 bits per heavy atom. The number of hydrogen-bond donors (Lipinski definition) is 2. The summed E-state index contributed by atoms with van der Waals surface area (Å²) in [5, 5.41) is 2.57. The van der Waals surface area contributed by atoms with E-state index in [0.29, 0.717) is 18.4 Å². The molecule has 2 heterocycles. The summed E-state index contributed by atoms with van der Waals surface area (Å²) in [6.45, 7) is 3.53. The smallest absolute Gasteiger partial charge is 0.416 e. The maximum absolute atomic E-state index is 13.0. The fraction of sp³-hybridized carbons (Fsp3) is 0.500. The molecular formula is C22H28F3N5O5S. The van der Waals surface area contributed by atoms with E-state index in [0.717, 1.165) is 22.7 Å². The topological polar surface area (TPSA) is 125 Å². The second-order valence-corrected chi connectivity index (χ2v) is 10.8. The van der Waals surface area contributed by atoms with E-state index in [1.807, 2.05) is 4.72 Å². The summed E-state index contributed by atoms with van der Waals surface area (Å²) in [5.74, 6) is -1.16. The van der Waals surface area contributed by atoms with Crippen LogP contribution in [0.2, 0.25) is 0 Å². The maximum Gasteiger partial charge on any atom is 0.416 e. The quantitative estimate of drug-likeness (QED) is 0.586. The molecule has 1 aliphatic heterocycles. The molecule has 10 nitrogen and oxygen atoms in total. The fourth-order valence-electron chi connectivity index (χ4n) is 3.97. The van der Waals surface area contributed by atoms with Crippen molar-refractivity contribution in [3.05, 3.63) is 41.3 Å². The minimum absolute atomic E-state index is 0.0408. The highest BCUT2D eigenvalue weighted by Gasteiger charge is 2.39. The van der Waals surface area contributed by atoms with Crippen molar-refractivity contribution in [2.45, 2.75) is 39.3 Å². The van der Waals surface area contributed by atoms with Crippen LogP contribution in [0.3, 0.4) is 0 Å². The van der Waals surface area contributed by atoms with Crippen LogP contribution in [0.4, 0.5) is 24.9 Å². The second-order valence-electron chi connectivity index (χ2n) is 9.14. The van der Waals surface area contributed by atoms with Crippen molar-refractivity contribution in [2.24, 2.45) is 5.41 Å². The molecule has 0 aliphatic carbocycles. The van der Waals surface area contributed by atoms with Crippen LogP contribution >= 0.6 is 0 Å². The van der Waals surface area contributed by atoms with Crippen LogP contribution in [-0.2, 0) is 21.2 Å². The lowest BCUT2D eigenvalue weighted by molar-refractivity contribution is -0.139. The molecule has 1 saturated heterocycles. The SMILES string of the molecule is Cc1ccc(C(F)(F)F)cc1Nc1nc(C(=O)NS(=O)(=O)N2CCCC(C)(C(=O)N(C)C)CC2)co1. The number of aryl methyl sites for hydroxylation is 1. The number of rotatable bonds is 6. The lowest BCUT2D eigenvalue weighted by atomic mass is 9.81. The van der Waals surface area contributed by atoms with E-state index in [2.05, 4.69) is 10.3 Å². The highest BCUT2D eigenvalue weighted by atomic mass is 32.2. The van der Waals surface area contributed by atoms with Gasteiger partial charge in [-0.2, -0.15) is 30.9 Å². The largest absolute Gasteiger partial charge is 0.431 e. The van der Waals surface area contributed by atoms with Crippen LogP contribution in [0.15, 0.2) is 28.9 Å². The molecule has 0 spiro atoms. The van der Waals surface area contributed by atoms with Gasteiger partial charge in [-0.15, -0.1) is 0 Å². The van der Waals surface area contributed by atoms with Gasteiger partial charge in [-0.1, -0.05) is 13.0 Å².